The lowest BCUT2D eigenvalue weighted by molar-refractivity contribution is -0.0445. The first-order valence-corrected chi connectivity index (χ1v) is 7.81. The third-order valence-corrected chi connectivity index (χ3v) is 4.30. The zero-order chi connectivity index (χ0) is 13.0. The molecule has 3 heteroatoms. The fraction of sp³-hybridized carbons (Fsp3) is 1.00. The number of hydrogen-bond acceptors (Lipinski definition) is 3. The number of nitrogens with one attached hydrogen (secondary N) is 1. The van der Waals surface area contributed by atoms with E-state index in [9.17, 15) is 0 Å². The lowest BCUT2D eigenvalue weighted by Crippen LogP contribution is -2.49. The quantitative estimate of drug-likeness (QED) is 0.834. The number of piperidine rings is 1. The van der Waals surface area contributed by atoms with E-state index in [1.165, 1.54) is 51.7 Å². The van der Waals surface area contributed by atoms with Crippen molar-refractivity contribution in [3.63, 3.8) is 0 Å². The maximum atomic E-state index is 5.81. The van der Waals surface area contributed by atoms with E-state index in [4.69, 9.17) is 4.74 Å². The van der Waals surface area contributed by atoms with Crippen molar-refractivity contribution in [1.29, 1.82) is 0 Å². The van der Waals surface area contributed by atoms with E-state index in [0.717, 1.165) is 6.04 Å². The highest BCUT2D eigenvalue weighted by Gasteiger charge is 2.27. The average molecular weight is 254 g/mol. The van der Waals surface area contributed by atoms with E-state index in [1.807, 2.05) is 0 Å². The summed E-state index contributed by atoms with van der Waals surface area (Å²) in [6.45, 7) is 10.5. The second-order valence-corrected chi connectivity index (χ2v) is 6.21. The number of nitrogens with zero attached hydrogens (tertiary/aromatic N) is 1. The van der Waals surface area contributed by atoms with Gasteiger partial charge >= 0.3 is 0 Å². The molecule has 0 aromatic carbocycles. The average Bonchev–Trinajstić information content (AvgIpc) is 2.31. The summed E-state index contributed by atoms with van der Waals surface area (Å²) in [6, 6.07) is 1.41. The summed E-state index contributed by atoms with van der Waals surface area (Å²) in [4.78, 5) is 2.60. The minimum absolute atomic E-state index is 0.423. The Bertz CT molecular complexity index is 229. The zero-order valence-corrected chi connectivity index (χ0v) is 12.3. The van der Waals surface area contributed by atoms with Crippen molar-refractivity contribution < 1.29 is 4.74 Å². The molecule has 0 bridgehead atoms. The van der Waals surface area contributed by atoms with Crippen LogP contribution >= 0.6 is 0 Å². The van der Waals surface area contributed by atoms with Gasteiger partial charge in [-0.2, -0.15) is 0 Å². The highest BCUT2D eigenvalue weighted by atomic mass is 16.5. The van der Waals surface area contributed by atoms with E-state index in [2.05, 4.69) is 31.0 Å². The lowest BCUT2D eigenvalue weighted by atomic mass is 9.96. The van der Waals surface area contributed by atoms with Crippen molar-refractivity contribution in [2.75, 3.05) is 19.6 Å². The van der Waals surface area contributed by atoms with Gasteiger partial charge in [0.15, 0.2) is 0 Å². The van der Waals surface area contributed by atoms with Crippen LogP contribution in [0.1, 0.15) is 52.9 Å². The van der Waals surface area contributed by atoms with E-state index in [0.29, 0.717) is 18.2 Å². The molecule has 2 saturated heterocycles. The molecule has 0 aromatic heterocycles. The molecule has 1 N–H and O–H groups in total. The predicted molar refractivity (Wildman–Crippen MR) is 75.9 cm³/mol. The SMILES string of the molecule is CCCN1CCC(NC2CC(C)OC(C)C2)CC1. The summed E-state index contributed by atoms with van der Waals surface area (Å²) < 4.78 is 5.81. The maximum Gasteiger partial charge on any atom is 0.0565 e. The molecule has 2 aliphatic heterocycles. The number of likely N-dealkylation sites (tertiary alicyclic amines) is 1. The highest BCUT2D eigenvalue weighted by molar-refractivity contribution is 4.84. The van der Waals surface area contributed by atoms with Gasteiger partial charge in [0.1, 0.15) is 0 Å². The molecule has 0 radical (unpaired) electrons. The van der Waals surface area contributed by atoms with E-state index in [-0.39, 0.29) is 0 Å². The van der Waals surface area contributed by atoms with Crippen molar-refractivity contribution in [2.24, 2.45) is 0 Å². The van der Waals surface area contributed by atoms with Crippen LogP contribution in [0.25, 0.3) is 0 Å². The van der Waals surface area contributed by atoms with Crippen LogP contribution in [0, 0.1) is 0 Å². The number of hydrogen-bond donors (Lipinski definition) is 1. The molecule has 2 unspecified atom stereocenters. The van der Waals surface area contributed by atoms with E-state index in [1.54, 1.807) is 0 Å². The second-order valence-electron chi connectivity index (χ2n) is 6.21. The lowest BCUT2D eigenvalue weighted by Gasteiger charge is -2.38. The first kappa shape index (κ1) is 14.3. The molecule has 2 aliphatic rings. The second kappa shape index (κ2) is 6.88. The minimum atomic E-state index is 0.423. The van der Waals surface area contributed by atoms with Crippen LogP contribution in [-0.2, 0) is 4.74 Å². The molecular weight excluding hydrogens is 224 g/mol. The Morgan fingerprint density at radius 3 is 2.22 bits per heavy atom. The summed E-state index contributed by atoms with van der Waals surface area (Å²) in [5.41, 5.74) is 0. The molecule has 0 saturated carbocycles. The summed E-state index contributed by atoms with van der Waals surface area (Å²) in [6.07, 6.45) is 7.13. The number of ether oxygens (including phenoxy) is 1. The van der Waals surface area contributed by atoms with Gasteiger partial charge in [-0.3, -0.25) is 0 Å². The Kier molecular flexibility index (Phi) is 5.46. The molecule has 3 nitrogen and oxygen atoms in total. The van der Waals surface area contributed by atoms with Crippen LogP contribution in [0.5, 0.6) is 0 Å². The molecule has 2 rings (SSSR count). The molecule has 0 amide bonds. The van der Waals surface area contributed by atoms with Crippen LogP contribution in [0.4, 0.5) is 0 Å². The Labute approximate surface area is 112 Å². The molecule has 2 fully saturated rings. The number of rotatable bonds is 4. The van der Waals surface area contributed by atoms with Gasteiger partial charge in [-0.25, -0.2) is 0 Å². The van der Waals surface area contributed by atoms with Gasteiger partial charge in [-0.05, 0) is 65.6 Å². The molecule has 18 heavy (non-hydrogen) atoms. The molecular formula is C15H30N2O. The fourth-order valence-electron chi connectivity index (χ4n) is 3.51. The van der Waals surface area contributed by atoms with Crippen molar-refractivity contribution in [2.45, 2.75) is 77.2 Å². The predicted octanol–water partition coefficient (Wildman–Crippen LogP) is 2.41. The van der Waals surface area contributed by atoms with Crippen LogP contribution < -0.4 is 5.32 Å². The van der Waals surface area contributed by atoms with Crippen LogP contribution in [0.3, 0.4) is 0 Å². The summed E-state index contributed by atoms with van der Waals surface area (Å²) in [5, 5.41) is 3.87. The van der Waals surface area contributed by atoms with Gasteiger partial charge in [0.05, 0.1) is 12.2 Å². The molecule has 2 heterocycles. The third-order valence-electron chi connectivity index (χ3n) is 4.30. The Morgan fingerprint density at radius 2 is 1.67 bits per heavy atom. The van der Waals surface area contributed by atoms with Gasteiger partial charge in [-0.15, -0.1) is 0 Å². The third kappa shape index (κ3) is 4.22. The topological polar surface area (TPSA) is 24.5 Å². The van der Waals surface area contributed by atoms with Crippen molar-refractivity contribution in [1.82, 2.24) is 10.2 Å². The van der Waals surface area contributed by atoms with Gasteiger partial charge < -0.3 is 15.0 Å². The van der Waals surface area contributed by atoms with Gasteiger partial charge in [0.2, 0.25) is 0 Å². The summed E-state index contributed by atoms with van der Waals surface area (Å²) in [7, 11) is 0. The van der Waals surface area contributed by atoms with Gasteiger partial charge in [-0.1, -0.05) is 6.92 Å². The standard InChI is InChI=1S/C15H30N2O/c1-4-7-17-8-5-14(6-9-17)16-15-10-12(2)18-13(3)11-15/h12-16H,4-11H2,1-3H3. The van der Waals surface area contributed by atoms with Gasteiger partial charge in [0.25, 0.3) is 0 Å². The highest BCUT2D eigenvalue weighted by Crippen LogP contribution is 2.21. The van der Waals surface area contributed by atoms with Crippen LogP contribution in [0.2, 0.25) is 0 Å². The molecule has 0 spiro atoms. The Balaban J connectivity index is 1.71. The fourth-order valence-corrected chi connectivity index (χ4v) is 3.51. The van der Waals surface area contributed by atoms with E-state index < -0.39 is 0 Å². The van der Waals surface area contributed by atoms with Gasteiger partial charge in [0, 0.05) is 12.1 Å². The minimum Gasteiger partial charge on any atom is -0.375 e. The van der Waals surface area contributed by atoms with Crippen molar-refractivity contribution in [3.05, 3.63) is 0 Å². The first-order valence-electron chi connectivity index (χ1n) is 7.81. The van der Waals surface area contributed by atoms with Crippen LogP contribution in [-0.4, -0.2) is 48.8 Å². The largest absolute Gasteiger partial charge is 0.375 e. The molecule has 106 valence electrons. The maximum absolute atomic E-state index is 5.81. The first-order chi connectivity index (χ1) is 8.67. The van der Waals surface area contributed by atoms with Crippen molar-refractivity contribution in [3.8, 4) is 0 Å². The summed E-state index contributed by atoms with van der Waals surface area (Å²) >= 11 is 0. The van der Waals surface area contributed by atoms with Crippen LogP contribution in [0.15, 0.2) is 0 Å². The Morgan fingerprint density at radius 1 is 1.06 bits per heavy atom. The van der Waals surface area contributed by atoms with Crippen molar-refractivity contribution >= 4 is 0 Å². The molecule has 2 atom stereocenters. The Hall–Kier alpha value is -0.120. The smallest absolute Gasteiger partial charge is 0.0565 e. The molecule has 0 aromatic rings. The monoisotopic (exact) mass is 254 g/mol. The van der Waals surface area contributed by atoms with E-state index >= 15 is 0 Å². The molecule has 0 aliphatic carbocycles. The summed E-state index contributed by atoms with van der Waals surface area (Å²) in [5.74, 6) is 0. The zero-order valence-electron chi connectivity index (χ0n) is 12.3. The normalized spacial score (nSPS) is 35.8.